The average Bonchev–Trinajstić information content (AvgIpc) is 2.68. The molecule has 1 atom stereocenters. The molecular weight excluding hydrogens is 232 g/mol. The Bertz CT molecular complexity index is 461. The number of hydrogen-bond donors (Lipinski definition) is 2. The minimum Gasteiger partial charge on any atom is -0.369 e. The molecule has 2 N–H and O–H groups in total. The summed E-state index contributed by atoms with van der Waals surface area (Å²) in [6.45, 7) is 0. The van der Waals surface area contributed by atoms with Crippen LogP contribution in [0.1, 0.15) is 32.1 Å². The first-order valence-corrected chi connectivity index (χ1v) is 6.34. The van der Waals surface area contributed by atoms with Crippen LogP contribution in [-0.4, -0.2) is 22.8 Å². The first kappa shape index (κ1) is 11.4. The molecule has 0 amide bonds. The fourth-order valence-electron chi connectivity index (χ4n) is 3.03. The quantitative estimate of drug-likeness (QED) is 0.541. The summed E-state index contributed by atoms with van der Waals surface area (Å²) in [5, 5.41) is 17.6. The molecule has 0 radical (unpaired) electrons. The molecule has 0 aromatic rings. The number of rotatable bonds is 1. The van der Waals surface area contributed by atoms with Crippen LogP contribution in [0.25, 0.3) is 0 Å². The molecule has 6 nitrogen and oxygen atoms in total. The number of dihydropyridines is 1. The minimum atomic E-state index is -0.441. The molecule has 1 spiro atoms. The fraction of sp³-hybridized carbons (Fsp3) is 0.583. The maximum Gasteiger partial charge on any atom is 0.257 e. The zero-order valence-electron chi connectivity index (χ0n) is 10.1. The lowest BCUT2D eigenvalue weighted by Crippen LogP contribution is -2.51. The Morgan fingerprint density at radius 1 is 1.44 bits per heavy atom. The number of fused-ring (bicyclic) bond motifs is 1. The van der Waals surface area contributed by atoms with Crippen molar-refractivity contribution in [3.63, 3.8) is 0 Å². The van der Waals surface area contributed by atoms with Gasteiger partial charge in [0.1, 0.15) is 5.70 Å². The van der Waals surface area contributed by atoms with E-state index in [1.807, 2.05) is 6.08 Å². The van der Waals surface area contributed by atoms with Gasteiger partial charge in [0.2, 0.25) is 0 Å². The summed E-state index contributed by atoms with van der Waals surface area (Å²) in [6.07, 6.45) is 10.3. The molecule has 6 heteroatoms. The van der Waals surface area contributed by atoms with Gasteiger partial charge in [-0.3, -0.25) is 20.4 Å². The van der Waals surface area contributed by atoms with Gasteiger partial charge in [-0.25, -0.2) is 0 Å². The van der Waals surface area contributed by atoms with Crippen molar-refractivity contribution < 1.29 is 4.92 Å². The molecule has 1 saturated heterocycles. The first-order valence-electron chi connectivity index (χ1n) is 6.34. The lowest BCUT2D eigenvalue weighted by atomic mass is 9.89. The average molecular weight is 248 g/mol. The van der Waals surface area contributed by atoms with E-state index < -0.39 is 4.92 Å². The second-order valence-corrected chi connectivity index (χ2v) is 5.08. The maximum absolute atomic E-state index is 10.6. The molecule has 1 aliphatic carbocycles. The molecule has 1 saturated carbocycles. The van der Waals surface area contributed by atoms with Crippen molar-refractivity contribution in [2.75, 3.05) is 0 Å². The van der Waals surface area contributed by atoms with E-state index >= 15 is 0 Å². The van der Waals surface area contributed by atoms with Gasteiger partial charge in [0.15, 0.2) is 0 Å². The van der Waals surface area contributed by atoms with Crippen molar-refractivity contribution >= 4 is 6.21 Å². The SMILES string of the molecule is O=[N+]([O-])/C=C1/N=CC=C2NC3(CCCCC3)NC21. The third kappa shape index (κ3) is 1.92. The van der Waals surface area contributed by atoms with Crippen molar-refractivity contribution in [2.45, 2.75) is 43.8 Å². The highest BCUT2D eigenvalue weighted by molar-refractivity contribution is 5.76. The summed E-state index contributed by atoms with van der Waals surface area (Å²) in [5.41, 5.74) is 1.39. The molecule has 18 heavy (non-hydrogen) atoms. The van der Waals surface area contributed by atoms with E-state index in [0.717, 1.165) is 24.7 Å². The Morgan fingerprint density at radius 2 is 2.22 bits per heavy atom. The third-order valence-corrected chi connectivity index (χ3v) is 3.83. The monoisotopic (exact) mass is 248 g/mol. The highest BCUT2D eigenvalue weighted by Crippen LogP contribution is 2.34. The molecule has 2 fully saturated rings. The number of aliphatic imine (C=N–C) groups is 1. The van der Waals surface area contributed by atoms with Crippen molar-refractivity contribution in [1.82, 2.24) is 10.6 Å². The Morgan fingerprint density at radius 3 is 2.94 bits per heavy atom. The van der Waals surface area contributed by atoms with Gasteiger partial charge >= 0.3 is 0 Å². The molecule has 3 rings (SSSR count). The summed E-state index contributed by atoms with van der Waals surface area (Å²) in [6, 6.07) is -0.154. The lowest BCUT2D eigenvalue weighted by Gasteiger charge is -2.34. The molecule has 0 aromatic carbocycles. The lowest BCUT2D eigenvalue weighted by molar-refractivity contribution is -0.403. The van der Waals surface area contributed by atoms with Gasteiger partial charge in [-0.1, -0.05) is 6.42 Å². The summed E-state index contributed by atoms with van der Waals surface area (Å²) in [4.78, 5) is 14.3. The predicted octanol–water partition coefficient (Wildman–Crippen LogP) is 1.29. The second kappa shape index (κ2) is 4.20. The van der Waals surface area contributed by atoms with Crippen molar-refractivity contribution in [1.29, 1.82) is 0 Å². The second-order valence-electron chi connectivity index (χ2n) is 5.08. The van der Waals surface area contributed by atoms with Gasteiger partial charge in [-0.05, 0) is 31.8 Å². The van der Waals surface area contributed by atoms with E-state index in [-0.39, 0.29) is 11.7 Å². The zero-order chi connectivity index (χ0) is 12.6. The van der Waals surface area contributed by atoms with Gasteiger partial charge < -0.3 is 5.32 Å². The smallest absolute Gasteiger partial charge is 0.257 e. The van der Waals surface area contributed by atoms with Crippen LogP contribution in [0.3, 0.4) is 0 Å². The van der Waals surface area contributed by atoms with Crippen molar-refractivity contribution in [3.8, 4) is 0 Å². The van der Waals surface area contributed by atoms with Crippen LogP contribution in [0.2, 0.25) is 0 Å². The number of nitrogens with zero attached hydrogens (tertiary/aromatic N) is 2. The van der Waals surface area contributed by atoms with Gasteiger partial charge in [-0.2, -0.15) is 0 Å². The van der Waals surface area contributed by atoms with E-state index in [4.69, 9.17) is 0 Å². The summed E-state index contributed by atoms with van der Waals surface area (Å²) in [7, 11) is 0. The third-order valence-electron chi connectivity index (χ3n) is 3.83. The largest absolute Gasteiger partial charge is 0.369 e. The topological polar surface area (TPSA) is 79.6 Å². The first-order chi connectivity index (χ1) is 8.69. The number of nitrogens with one attached hydrogen (secondary N) is 2. The highest BCUT2D eigenvalue weighted by atomic mass is 16.6. The minimum absolute atomic E-state index is 0.0852. The van der Waals surface area contributed by atoms with Gasteiger partial charge in [0, 0.05) is 11.9 Å². The van der Waals surface area contributed by atoms with E-state index in [9.17, 15) is 10.1 Å². The Labute approximate surface area is 105 Å². The fourth-order valence-corrected chi connectivity index (χ4v) is 3.03. The maximum atomic E-state index is 10.6. The molecule has 96 valence electrons. The van der Waals surface area contributed by atoms with Gasteiger partial charge in [0.25, 0.3) is 6.20 Å². The number of allylic oxidation sites excluding steroid dienone is 1. The van der Waals surface area contributed by atoms with Gasteiger partial charge in [-0.15, -0.1) is 0 Å². The van der Waals surface area contributed by atoms with Crippen LogP contribution in [-0.2, 0) is 0 Å². The Balaban J connectivity index is 1.86. The van der Waals surface area contributed by atoms with Crippen LogP contribution >= 0.6 is 0 Å². The van der Waals surface area contributed by atoms with E-state index in [1.165, 1.54) is 19.3 Å². The predicted molar refractivity (Wildman–Crippen MR) is 67.5 cm³/mol. The molecular formula is C12H16N4O2. The number of hydrogen-bond acceptors (Lipinski definition) is 5. The van der Waals surface area contributed by atoms with Crippen LogP contribution in [0.15, 0.2) is 28.7 Å². The number of nitro groups is 1. The summed E-state index contributed by atoms with van der Waals surface area (Å²) >= 11 is 0. The van der Waals surface area contributed by atoms with Crippen molar-refractivity contribution in [2.24, 2.45) is 4.99 Å². The van der Waals surface area contributed by atoms with Gasteiger partial charge in [0.05, 0.1) is 16.6 Å². The van der Waals surface area contributed by atoms with E-state index in [0.29, 0.717) is 5.70 Å². The standard InChI is InChI=1S/C12H16N4O2/c17-16(18)8-10-11-9(4-7-13-10)14-12(15-11)5-2-1-3-6-12/h4,7-8,11,14-15H,1-3,5-6H2/b10-8+. The highest BCUT2D eigenvalue weighted by Gasteiger charge is 2.44. The van der Waals surface area contributed by atoms with Crippen LogP contribution in [0, 0.1) is 10.1 Å². The molecule has 0 bridgehead atoms. The van der Waals surface area contributed by atoms with E-state index in [2.05, 4.69) is 15.6 Å². The molecule has 3 aliphatic rings. The Hall–Kier alpha value is -1.69. The van der Waals surface area contributed by atoms with Crippen LogP contribution in [0.4, 0.5) is 0 Å². The molecule has 0 aromatic heterocycles. The normalized spacial score (nSPS) is 31.0. The van der Waals surface area contributed by atoms with Crippen LogP contribution in [0.5, 0.6) is 0 Å². The molecule has 1 unspecified atom stereocenters. The summed E-state index contributed by atoms with van der Waals surface area (Å²) < 4.78 is 0. The molecule has 2 heterocycles. The van der Waals surface area contributed by atoms with Crippen LogP contribution < -0.4 is 10.6 Å². The zero-order valence-corrected chi connectivity index (χ0v) is 10.1. The van der Waals surface area contributed by atoms with E-state index in [1.54, 1.807) is 6.21 Å². The summed E-state index contributed by atoms with van der Waals surface area (Å²) in [5.74, 6) is 0. The molecule has 2 aliphatic heterocycles. The Kier molecular flexibility index (Phi) is 2.66. The van der Waals surface area contributed by atoms with Crippen molar-refractivity contribution in [3.05, 3.63) is 33.8 Å².